The lowest BCUT2D eigenvalue weighted by Gasteiger charge is -2.11. The molecule has 122 valence electrons. The molecule has 0 aliphatic heterocycles. The Morgan fingerprint density at radius 1 is 1.26 bits per heavy atom. The Morgan fingerprint density at radius 3 is 2.65 bits per heavy atom. The summed E-state index contributed by atoms with van der Waals surface area (Å²) in [5.41, 5.74) is 1.88. The van der Waals surface area contributed by atoms with E-state index < -0.39 is 0 Å². The first-order valence-electron chi connectivity index (χ1n) is 7.24. The number of nitrogens with zero attached hydrogens (tertiary/aromatic N) is 3. The van der Waals surface area contributed by atoms with Crippen molar-refractivity contribution in [2.45, 2.75) is 6.54 Å². The van der Waals surface area contributed by atoms with Crippen molar-refractivity contribution in [3.63, 3.8) is 0 Å². The molecule has 2 aromatic rings. The van der Waals surface area contributed by atoms with E-state index >= 15 is 0 Å². The van der Waals surface area contributed by atoms with Crippen LogP contribution in [-0.2, 0) is 11.3 Å². The molecule has 0 saturated heterocycles. The first-order valence-corrected chi connectivity index (χ1v) is 7.24. The molecule has 0 aliphatic carbocycles. The summed E-state index contributed by atoms with van der Waals surface area (Å²) in [5, 5.41) is 5.79. The lowest BCUT2D eigenvalue weighted by atomic mass is 10.2. The predicted molar refractivity (Wildman–Crippen MR) is 89.7 cm³/mol. The van der Waals surface area contributed by atoms with Crippen LogP contribution in [0.2, 0.25) is 0 Å². The molecule has 1 amide bonds. The Bertz CT molecular complexity index is 643. The third kappa shape index (κ3) is 5.14. The molecule has 0 spiro atoms. The first-order chi connectivity index (χ1) is 11.1. The standard InChI is InChI=1S/C16H21N5O2/c1-17-15(22)11-23-14-6-4-5-13(7-14)18-8-12-9-19-16(20-10-12)21(2)3/h4-7,9-10,18H,8,11H2,1-3H3,(H,17,22). The van der Waals surface area contributed by atoms with Crippen LogP contribution in [-0.4, -0.2) is 43.6 Å². The van der Waals surface area contributed by atoms with Gasteiger partial charge in [-0.05, 0) is 12.1 Å². The van der Waals surface area contributed by atoms with Crippen LogP contribution in [0.4, 0.5) is 11.6 Å². The zero-order valence-corrected chi connectivity index (χ0v) is 13.5. The summed E-state index contributed by atoms with van der Waals surface area (Å²) in [6.07, 6.45) is 3.59. The molecule has 7 heteroatoms. The highest BCUT2D eigenvalue weighted by molar-refractivity contribution is 5.77. The van der Waals surface area contributed by atoms with Gasteiger partial charge in [-0.1, -0.05) is 6.07 Å². The van der Waals surface area contributed by atoms with Crippen molar-refractivity contribution in [3.05, 3.63) is 42.2 Å². The summed E-state index contributed by atoms with van der Waals surface area (Å²) in [6, 6.07) is 7.45. The van der Waals surface area contributed by atoms with Crippen LogP contribution in [0.3, 0.4) is 0 Å². The Balaban J connectivity index is 1.91. The van der Waals surface area contributed by atoms with Crippen LogP contribution in [0.1, 0.15) is 5.56 Å². The number of likely N-dealkylation sites (N-methyl/N-ethyl adjacent to an activating group) is 1. The van der Waals surface area contributed by atoms with Crippen LogP contribution >= 0.6 is 0 Å². The zero-order valence-electron chi connectivity index (χ0n) is 13.5. The van der Waals surface area contributed by atoms with Crippen molar-refractivity contribution in [3.8, 4) is 5.75 Å². The maximum atomic E-state index is 11.2. The summed E-state index contributed by atoms with van der Waals surface area (Å²) in [6.45, 7) is 0.604. The second-order valence-electron chi connectivity index (χ2n) is 5.13. The average molecular weight is 315 g/mol. The molecule has 0 atom stereocenters. The van der Waals surface area contributed by atoms with E-state index in [1.54, 1.807) is 19.4 Å². The second-order valence-corrected chi connectivity index (χ2v) is 5.13. The molecular weight excluding hydrogens is 294 g/mol. The molecule has 0 saturated carbocycles. The molecule has 23 heavy (non-hydrogen) atoms. The smallest absolute Gasteiger partial charge is 0.257 e. The Morgan fingerprint density at radius 2 is 2.00 bits per heavy atom. The summed E-state index contributed by atoms with van der Waals surface area (Å²) in [5.74, 6) is 1.15. The number of rotatable bonds is 7. The minimum Gasteiger partial charge on any atom is -0.484 e. The Kier molecular flexibility index (Phi) is 5.74. The number of benzene rings is 1. The van der Waals surface area contributed by atoms with Crippen molar-refractivity contribution in [2.24, 2.45) is 0 Å². The van der Waals surface area contributed by atoms with E-state index in [-0.39, 0.29) is 12.5 Å². The minimum atomic E-state index is -0.165. The molecule has 1 aromatic heterocycles. The monoisotopic (exact) mass is 315 g/mol. The van der Waals surface area contributed by atoms with Crippen LogP contribution in [0, 0.1) is 0 Å². The van der Waals surface area contributed by atoms with Crippen molar-refractivity contribution in [1.29, 1.82) is 0 Å². The van der Waals surface area contributed by atoms with Gasteiger partial charge in [0.1, 0.15) is 5.75 Å². The highest BCUT2D eigenvalue weighted by atomic mass is 16.5. The summed E-state index contributed by atoms with van der Waals surface area (Å²) in [7, 11) is 5.38. The topological polar surface area (TPSA) is 79.4 Å². The molecule has 7 nitrogen and oxygen atoms in total. The first kappa shape index (κ1) is 16.5. The van der Waals surface area contributed by atoms with Crippen LogP contribution < -0.4 is 20.3 Å². The molecule has 2 rings (SSSR count). The van der Waals surface area contributed by atoms with E-state index in [4.69, 9.17) is 4.74 Å². The van der Waals surface area contributed by atoms with Gasteiger partial charge in [0.15, 0.2) is 6.61 Å². The largest absolute Gasteiger partial charge is 0.484 e. The molecule has 0 fully saturated rings. The van der Waals surface area contributed by atoms with Gasteiger partial charge < -0.3 is 20.3 Å². The number of anilines is 2. The number of hydrogen-bond donors (Lipinski definition) is 2. The summed E-state index contributed by atoms with van der Waals surface area (Å²) in [4.78, 5) is 21.6. The van der Waals surface area contributed by atoms with Crippen molar-refractivity contribution in [1.82, 2.24) is 15.3 Å². The Labute approximate surface area is 135 Å². The van der Waals surface area contributed by atoms with Crippen molar-refractivity contribution >= 4 is 17.5 Å². The van der Waals surface area contributed by atoms with Gasteiger partial charge in [-0.25, -0.2) is 9.97 Å². The SMILES string of the molecule is CNC(=O)COc1cccc(NCc2cnc(N(C)C)nc2)c1. The normalized spacial score (nSPS) is 10.0. The molecule has 2 N–H and O–H groups in total. The van der Waals surface area contributed by atoms with E-state index in [0.717, 1.165) is 11.3 Å². The number of carbonyl (C=O) groups is 1. The molecule has 1 aromatic carbocycles. The lowest BCUT2D eigenvalue weighted by molar-refractivity contribution is -0.122. The maximum absolute atomic E-state index is 11.2. The highest BCUT2D eigenvalue weighted by Crippen LogP contribution is 2.18. The molecular formula is C16H21N5O2. The van der Waals surface area contributed by atoms with E-state index in [9.17, 15) is 4.79 Å². The van der Waals surface area contributed by atoms with E-state index in [0.29, 0.717) is 18.2 Å². The predicted octanol–water partition coefficient (Wildman–Crippen LogP) is 1.28. The number of carbonyl (C=O) groups excluding carboxylic acids is 1. The van der Waals surface area contributed by atoms with Gasteiger partial charge in [0.25, 0.3) is 5.91 Å². The fourth-order valence-corrected chi connectivity index (χ4v) is 1.79. The maximum Gasteiger partial charge on any atom is 0.257 e. The van der Waals surface area contributed by atoms with Crippen molar-refractivity contribution < 1.29 is 9.53 Å². The van der Waals surface area contributed by atoms with Crippen LogP contribution in [0.5, 0.6) is 5.75 Å². The van der Waals surface area contributed by atoms with Gasteiger partial charge in [0.2, 0.25) is 5.95 Å². The quantitative estimate of drug-likeness (QED) is 0.801. The van der Waals surface area contributed by atoms with Crippen molar-refractivity contribution in [2.75, 3.05) is 38.0 Å². The van der Waals surface area contributed by atoms with Gasteiger partial charge in [-0.15, -0.1) is 0 Å². The van der Waals surface area contributed by atoms with Gasteiger partial charge in [0.05, 0.1) is 0 Å². The number of amides is 1. The minimum absolute atomic E-state index is 0.000207. The molecule has 0 unspecified atom stereocenters. The molecule has 0 aliphatic rings. The lowest BCUT2D eigenvalue weighted by Crippen LogP contribution is -2.24. The van der Waals surface area contributed by atoms with Gasteiger partial charge in [-0.2, -0.15) is 0 Å². The fourth-order valence-electron chi connectivity index (χ4n) is 1.79. The van der Waals surface area contributed by atoms with Crippen LogP contribution in [0.25, 0.3) is 0 Å². The molecule has 1 heterocycles. The number of aromatic nitrogens is 2. The highest BCUT2D eigenvalue weighted by Gasteiger charge is 2.02. The second kappa shape index (κ2) is 7.98. The number of nitrogens with one attached hydrogen (secondary N) is 2. The van der Waals surface area contributed by atoms with Gasteiger partial charge in [-0.3, -0.25) is 4.79 Å². The van der Waals surface area contributed by atoms with Crippen LogP contribution in [0.15, 0.2) is 36.7 Å². The van der Waals surface area contributed by atoms with E-state index in [1.165, 1.54) is 0 Å². The number of ether oxygens (including phenoxy) is 1. The fraction of sp³-hybridized carbons (Fsp3) is 0.312. The molecule has 0 radical (unpaired) electrons. The third-order valence-electron chi connectivity index (χ3n) is 3.07. The molecule has 0 bridgehead atoms. The average Bonchev–Trinajstić information content (AvgIpc) is 2.58. The zero-order chi connectivity index (χ0) is 16.7. The third-order valence-corrected chi connectivity index (χ3v) is 3.07. The number of hydrogen-bond acceptors (Lipinski definition) is 6. The summed E-state index contributed by atoms with van der Waals surface area (Å²) < 4.78 is 5.41. The van der Waals surface area contributed by atoms with E-state index in [1.807, 2.05) is 43.3 Å². The van der Waals surface area contributed by atoms with Gasteiger partial charge in [0, 0.05) is 57.4 Å². The van der Waals surface area contributed by atoms with E-state index in [2.05, 4.69) is 20.6 Å². The Hall–Kier alpha value is -2.83. The summed E-state index contributed by atoms with van der Waals surface area (Å²) >= 11 is 0. The van der Waals surface area contributed by atoms with Gasteiger partial charge >= 0.3 is 0 Å².